The second-order valence-electron chi connectivity index (χ2n) is 8.77. The van der Waals surface area contributed by atoms with E-state index < -0.39 is 47.4 Å². The van der Waals surface area contributed by atoms with Crippen LogP contribution in [0.2, 0.25) is 0 Å². The Hall–Kier alpha value is -2.98. The predicted octanol–water partition coefficient (Wildman–Crippen LogP) is 6.94. The number of hydrogen-bond acceptors (Lipinski definition) is 3. The number of aromatic nitrogens is 1. The van der Waals surface area contributed by atoms with E-state index >= 15 is 0 Å². The average Bonchev–Trinajstić information content (AvgIpc) is 2.83. The maximum atomic E-state index is 13.6. The zero-order valence-electron chi connectivity index (χ0n) is 19.1. The Bertz CT molecular complexity index is 1190. The molecule has 0 fully saturated rings. The van der Waals surface area contributed by atoms with Crippen LogP contribution in [0.25, 0.3) is 0 Å². The summed E-state index contributed by atoms with van der Waals surface area (Å²) in [5.74, 6) is -0.898. The Balaban J connectivity index is 1.72. The summed E-state index contributed by atoms with van der Waals surface area (Å²) in [6.07, 6.45) is -10.7. The van der Waals surface area contributed by atoms with Gasteiger partial charge in [0, 0.05) is 18.2 Å². The molecule has 0 spiro atoms. The molecule has 3 aromatic rings. The van der Waals surface area contributed by atoms with E-state index in [1.165, 1.54) is 19.1 Å². The molecule has 3 nitrogen and oxygen atoms in total. The second kappa shape index (κ2) is 9.82. The number of nitrogens with two attached hydrogens (primary N) is 1. The number of halogens is 7. The van der Waals surface area contributed by atoms with Gasteiger partial charge in [-0.2, -0.15) is 26.3 Å². The first-order valence-corrected chi connectivity index (χ1v) is 11.3. The molecular weight excluding hydrogens is 489 g/mol. The first kappa shape index (κ1) is 26.1. The third-order valence-corrected chi connectivity index (χ3v) is 6.34. The van der Waals surface area contributed by atoms with Crippen LogP contribution in [0.5, 0.6) is 0 Å². The summed E-state index contributed by atoms with van der Waals surface area (Å²) in [4.78, 5) is 4.57. The standard InChI is InChI=1S/C26H23F7N2O/c1-14(16-10-17(25(28,29)30)12-18(11-16)26(31,32)33)36-23-9-8-22-21(7-6-20(13-34)35-22)24(23)15-2-4-19(27)5-3-15/h2-7,10-12,14,23-24H,8-9,13,34H2,1H3. The summed E-state index contributed by atoms with van der Waals surface area (Å²) in [6.45, 7) is 1.66. The van der Waals surface area contributed by atoms with Gasteiger partial charge in [0.05, 0.1) is 29.0 Å². The molecule has 0 bridgehead atoms. The van der Waals surface area contributed by atoms with Gasteiger partial charge in [-0.1, -0.05) is 18.2 Å². The molecule has 0 saturated carbocycles. The predicted molar refractivity (Wildman–Crippen MR) is 118 cm³/mol. The van der Waals surface area contributed by atoms with E-state index in [1.807, 2.05) is 6.07 Å². The molecule has 2 aromatic carbocycles. The molecule has 1 aliphatic carbocycles. The van der Waals surface area contributed by atoms with Crippen LogP contribution in [-0.2, 0) is 30.1 Å². The van der Waals surface area contributed by atoms with Crippen LogP contribution in [0, 0.1) is 5.82 Å². The Morgan fingerprint density at radius 2 is 1.56 bits per heavy atom. The van der Waals surface area contributed by atoms with Crippen LogP contribution < -0.4 is 5.73 Å². The van der Waals surface area contributed by atoms with Crippen molar-refractivity contribution in [2.24, 2.45) is 5.73 Å². The molecule has 0 saturated heterocycles. The van der Waals surface area contributed by atoms with Gasteiger partial charge in [0.25, 0.3) is 0 Å². The highest BCUT2D eigenvalue weighted by Gasteiger charge is 2.38. The normalized spacial score (nSPS) is 19.1. The molecule has 0 radical (unpaired) electrons. The minimum absolute atomic E-state index is 0.0924. The van der Waals surface area contributed by atoms with Crippen LogP contribution in [0.4, 0.5) is 30.7 Å². The van der Waals surface area contributed by atoms with Crippen LogP contribution in [0.15, 0.2) is 54.6 Å². The molecule has 10 heteroatoms. The number of pyridine rings is 1. The van der Waals surface area contributed by atoms with E-state index in [1.54, 1.807) is 18.2 Å². The smallest absolute Gasteiger partial charge is 0.370 e. The van der Waals surface area contributed by atoms with Crippen LogP contribution in [0.3, 0.4) is 0 Å². The van der Waals surface area contributed by atoms with Crippen molar-refractivity contribution in [3.05, 3.63) is 99.6 Å². The van der Waals surface area contributed by atoms with Crippen molar-refractivity contribution in [2.75, 3.05) is 0 Å². The number of ether oxygens (including phenoxy) is 1. The van der Waals surface area contributed by atoms with E-state index in [0.717, 1.165) is 11.3 Å². The Kier molecular flexibility index (Phi) is 7.12. The fraction of sp³-hybridized carbons (Fsp3) is 0.346. The summed E-state index contributed by atoms with van der Waals surface area (Å²) < 4.78 is 99.8. The molecule has 3 unspecified atom stereocenters. The molecule has 3 atom stereocenters. The molecule has 0 amide bonds. The third kappa shape index (κ3) is 5.54. The fourth-order valence-corrected chi connectivity index (χ4v) is 4.57. The van der Waals surface area contributed by atoms with Gasteiger partial charge in [0.1, 0.15) is 5.82 Å². The Labute approximate surface area is 203 Å². The average molecular weight is 512 g/mol. The van der Waals surface area contributed by atoms with Gasteiger partial charge in [-0.15, -0.1) is 0 Å². The highest BCUT2D eigenvalue weighted by Crippen LogP contribution is 2.42. The largest absolute Gasteiger partial charge is 0.416 e. The van der Waals surface area contributed by atoms with Crippen LogP contribution in [-0.4, -0.2) is 11.1 Å². The number of benzene rings is 2. The van der Waals surface area contributed by atoms with E-state index in [-0.39, 0.29) is 18.2 Å². The van der Waals surface area contributed by atoms with Gasteiger partial charge in [-0.3, -0.25) is 4.98 Å². The van der Waals surface area contributed by atoms with E-state index in [0.29, 0.717) is 36.2 Å². The molecule has 192 valence electrons. The lowest BCUT2D eigenvalue weighted by Crippen LogP contribution is -2.31. The molecule has 2 N–H and O–H groups in total. The van der Waals surface area contributed by atoms with Crippen molar-refractivity contribution < 1.29 is 35.5 Å². The Morgan fingerprint density at radius 3 is 2.11 bits per heavy atom. The van der Waals surface area contributed by atoms with Gasteiger partial charge in [-0.05, 0) is 72.9 Å². The van der Waals surface area contributed by atoms with Gasteiger partial charge in [-0.25, -0.2) is 4.39 Å². The number of hydrogen-bond donors (Lipinski definition) is 1. The number of alkyl halides is 6. The molecule has 36 heavy (non-hydrogen) atoms. The van der Waals surface area contributed by atoms with Gasteiger partial charge in [0.2, 0.25) is 0 Å². The summed E-state index contributed by atoms with van der Waals surface area (Å²) in [5, 5.41) is 0. The monoisotopic (exact) mass is 512 g/mol. The lowest BCUT2D eigenvalue weighted by atomic mass is 9.78. The fourth-order valence-electron chi connectivity index (χ4n) is 4.57. The molecule has 1 heterocycles. The topological polar surface area (TPSA) is 48.1 Å². The molecule has 1 aliphatic rings. The molecule has 4 rings (SSSR count). The first-order valence-electron chi connectivity index (χ1n) is 11.3. The third-order valence-electron chi connectivity index (χ3n) is 6.34. The van der Waals surface area contributed by atoms with Crippen molar-refractivity contribution in [1.82, 2.24) is 4.98 Å². The van der Waals surface area contributed by atoms with Crippen LogP contribution in [0.1, 0.15) is 64.6 Å². The van der Waals surface area contributed by atoms with Crippen molar-refractivity contribution >= 4 is 0 Å². The van der Waals surface area contributed by atoms with Gasteiger partial charge < -0.3 is 10.5 Å². The summed E-state index contributed by atoms with van der Waals surface area (Å²) >= 11 is 0. The summed E-state index contributed by atoms with van der Waals surface area (Å²) in [7, 11) is 0. The van der Waals surface area contributed by atoms with Crippen molar-refractivity contribution in [3.8, 4) is 0 Å². The summed E-state index contributed by atoms with van der Waals surface area (Å²) in [5.41, 5.74) is 5.61. The van der Waals surface area contributed by atoms with Crippen LogP contribution >= 0.6 is 0 Å². The number of rotatable bonds is 5. The minimum Gasteiger partial charge on any atom is -0.370 e. The highest BCUT2D eigenvalue weighted by atomic mass is 19.4. The number of aryl methyl sites for hydroxylation is 1. The maximum Gasteiger partial charge on any atom is 0.416 e. The lowest BCUT2D eigenvalue weighted by Gasteiger charge is -2.35. The zero-order valence-corrected chi connectivity index (χ0v) is 19.1. The van der Waals surface area contributed by atoms with E-state index in [2.05, 4.69) is 4.98 Å². The zero-order chi connectivity index (χ0) is 26.3. The van der Waals surface area contributed by atoms with Crippen molar-refractivity contribution in [3.63, 3.8) is 0 Å². The number of fused-ring (bicyclic) bond motifs is 1. The van der Waals surface area contributed by atoms with Crippen molar-refractivity contribution in [2.45, 2.75) is 56.8 Å². The van der Waals surface area contributed by atoms with Gasteiger partial charge in [0.15, 0.2) is 0 Å². The van der Waals surface area contributed by atoms with Crippen molar-refractivity contribution in [1.29, 1.82) is 0 Å². The maximum absolute atomic E-state index is 13.6. The quantitative estimate of drug-likeness (QED) is 0.377. The molecule has 1 aromatic heterocycles. The molecule has 0 aliphatic heterocycles. The summed E-state index contributed by atoms with van der Waals surface area (Å²) in [6, 6.07) is 10.8. The SMILES string of the molecule is CC(OC1CCc2nc(CN)ccc2C1c1ccc(F)cc1)c1cc(C(F)(F)F)cc(C(F)(F)F)c1. The number of nitrogens with zero attached hydrogens (tertiary/aromatic N) is 1. The van der Waals surface area contributed by atoms with Gasteiger partial charge >= 0.3 is 12.4 Å². The molecular formula is C26H23F7N2O. The van der Waals surface area contributed by atoms with E-state index in [4.69, 9.17) is 10.5 Å². The van der Waals surface area contributed by atoms with E-state index in [9.17, 15) is 30.7 Å². The second-order valence-corrected chi connectivity index (χ2v) is 8.77. The lowest BCUT2D eigenvalue weighted by molar-refractivity contribution is -0.143. The minimum atomic E-state index is -4.96. The highest BCUT2D eigenvalue weighted by molar-refractivity contribution is 5.40. The first-order chi connectivity index (χ1) is 16.9. The Morgan fingerprint density at radius 1 is 0.944 bits per heavy atom.